The van der Waals surface area contributed by atoms with Gasteiger partial charge in [-0.1, -0.05) is 13.8 Å². The van der Waals surface area contributed by atoms with Crippen molar-refractivity contribution in [2.45, 2.75) is 25.9 Å². The van der Waals surface area contributed by atoms with Crippen LogP contribution in [-0.4, -0.2) is 45.6 Å². The van der Waals surface area contributed by atoms with E-state index in [1.165, 1.54) is 0 Å². The first-order valence-electron chi connectivity index (χ1n) is 5.25. The molecule has 0 atom stereocenters. The fraction of sp³-hybridized carbons (Fsp3) is 0.778. The third-order valence-electron chi connectivity index (χ3n) is 2.36. The summed E-state index contributed by atoms with van der Waals surface area (Å²) in [7, 11) is 0. The maximum Gasteiger partial charge on any atom is 0.512 e. The van der Waals surface area contributed by atoms with Crippen LogP contribution in [0.1, 0.15) is 20.3 Å². The molecule has 0 spiro atoms. The first kappa shape index (κ1) is 16.9. The molecule has 1 N–H and O–H groups in total. The maximum atomic E-state index is 11.2. The predicted octanol–water partition coefficient (Wildman–Crippen LogP) is -0.613. The molecule has 0 heterocycles. The maximum absolute atomic E-state index is 11.2. The Morgan fingerprint density at radius 2 is 1.74 bits per heavy atom. The van der Waals surface area contributed by atoms with Gasteiger partial charge >= 0.3 is 11.6 Å². The molecular formula is C9H14N2O8. The number of rotatable bonds is 8. The van der Waals surface area contributed by atoms with E-state index < -0.39 is 52.8 Å². The van der Waals surface area contributed by atoms with Gasteiger partial charge in [0.15, 0.2) is 6.61 Å². The number of aliphatic hydroxyl groups is 1. The number of nitro groups is 2. The Hall–Kier alpha value is -2.10. The summed E-state index contributed by atoms with van der Waals surface area (Å²) < 4.78 is 4.34. The molecule has 0 saturated carbocycles. The number of hydrogen-bond donors (Lipinski definition) is 1. The van der Waals surface area contributed by atoms with E-state index in [1.54, 1.807) is 13.8 Å². The van der Waals surface area contributed by atoms with Crippen molar-refractivity contribution in [2.75, 3.05) is 13.2 Å². The Kier molecular flexibility index (Phi) is 5.99. The molecule has 0 aliphatic heterocycles. The van der Waals surface area contributed by atoms with Gasteiger partial charge in [0.05, 0.1) is 0 Å². The number of ketones is 1. The first-order chi connectivity index (χ1) is 8.67. The Morgan fingerprint density at radius 3 is 2.05 bits per heavy atom. The molecule has 0 bridgehead atoms. The average Bonchev–Trinajstić information content (AvgIpc) is 2.29. The number of Topliss-reactive ketones (excluding diaryl/α,β-unsaturated/α-hetero) is 1. The molecule has 0 aliphatic carbocycles. The summed E-state index contributed by atoms with van der Waals surface area (Å²) >= 11 is 0. The third kappa shape index (κ3) is 4.25. The van der Waals surface area contributed by atoms with Gasteiger partial charge in [0.1, 0.15) is 22.1 Å². The molecule has 0 saturated heterocycles. The van der Waals surface area contributed by atoms with Crippen LogP contribution < -0.4 is 0 Å². The lowest BCUT2D eigenvalue weighted by Crippen LogP contribution is -2.53. The smallest absolute Gasteiger partial charge is 0.449 e. The average molecular weight is 278 g/mol. The Morgan fingerprint density at radius 1 is 1.26 bits per heavy atom. The molecule has 0 unspecified atom stereocenters. The monoisotopic (exact) mass is 278 g/mol. The van der Waals surface area contributed by atoms with Crippen LogP contribution in [0.15, 0.2) is 0 Å². The highest BCUT2D eigenvalue weighted by Gasteiger charge is 2.57. The zero-order chi connectivity index (χ0) is 15.2. The molecule has 0 aromatic rings. The quantitative estimate of drug-likeness (QED) is 0.203. The van der Waals surface area contributed by atoms with Gasteiger partial charge in [0.2, 0.25) is 6.61 Å². The van der Waals surface area contributed by atoms with Gasteiger partial charge in [-0.3, -0.25) is 29.8 Å². The standard InChI is InChI=1S/C9H14N2O8/c1-6(2)7(13)3-8(14)19-5-9(4-12,10(15)16)11(17)18/h6,12H,3-5H2,1-2H3. The fourth-order valence-corrected chi connectivity index (χ4v) is 0.927. The summed E-state index contributed by atoms with van der Waals surface area (Å²) in [4.78, 5) is 40.9. The highest BCUT2D eigenvalue weighted by molar-refractivity contribution is 5.96. The minimum atomic E-state index is -3.00. The molecule has 10 heteroatoms. The lowest BCUT2D eigenvalue weighted by Gasteiger charge is -2.14. The number of nitrogens with zero attached hydrogens (tertiary/aromatic N) is 2. The number of hydrogen-bond acceptors (Lipinski definition) is 8. The summed E-state index contributed by atoms with van der Waals surface area (Å²) in [5.74, 6) is -2.00. The molecular weight excluding hydrogens is 264 g/mol. The van der Waals surface area contributed by atoms with E-state index in [0.29, 0.717) is 0 Å². The van der Waals surface area contributed by atoms with E-state index >= 15 is 0 Å². The van der Waals surface area contributed by atoms with Gasteiger partial charge in [-0.05, 0) is 0 Å². The summed E-state index contributed by atoms with van der Waals surface area (Å²) in [6.07, 6.45) is -0.630. The second kappa shape index (κ2) is 6.73. The highest BCUT2D eigenvalue weighted by atomic mass is 16.7. The van der Waals surface area contributed by atoms with Gasteiger partial charge in [-0.2, -0.15) is 0 Å². The normalized spacial score (nSPS) is 11.2. The minimum absolute atomic E-state index is 0.429. The van der Waals surface area contributed by atoms with Gasteiger partial charge in [-0.15, -0.1) is 0 Å². The van der Waals surface area contributed by atoms with Gasteiger partial charge in [-0.25, -0.2) is 0 Å². The lowest BCUT2D eigenvalue weighted by atomic mass is 10.1. The highest BCUT2D eigenvalue weighted by Crippen LogP contribution is 2.12. The van der Waals surface area contributed by atoms with Crippen LogP contribution in [0.5, 0.6) is 0 Å². The number of esters is 1. The Bertz CT molecular complexity index is 378. The van der Waals surface area contributed by atoms with Crippen LogP contribution in [0.25, 0.3) is 0 Å². The number of aliphatic hydroxyl groups excluding tert-OH is 1. The van der Waals surface area contributed by atoms with Crippen molar-refractivity contribution in [3.63, 3.8) is 0 Å². The van der Waals surface area contributed by atoms with E-state index in [0.717, 1.165) is 0 Å². The molecule has 0 radical (unpaired) electrons. The van der Waals surface area contributed by atoms with Crippen molar-refractivity contribution in [1.82, 2.24) is 0 Å². The van der Waals surface area contributed by atoms with Gasteiger partial charge in [0, 0.05) is 5.92 Å². The van der Waals surface area contributed by atoms with Crippen LogP contribution in [0, 0.1) is 26.1 Å². The van der Waals surface area contributed by atoms with Crippen LogP contribution in [0.4, 0.5) is 0 Å². The SMILES string of the molecule is CC(C)C(=O)CC(=O)OCC(CO)([N+](=O)[O-])[N+](=O)[O-]. The molecule has 10 nitrogen and oxygen atoms in total. The third-order valence-corrected chi connectivity index (χ3v) is 2.36. The second-order valence-corrected chi connectivity index (χ2v) is 4.11. The van der Waals surface area contributed by atoms with E-state index in [9.17, 15) is 29.8 Å². The van der Waals surface area contributed by atoms with E-state index in [1.807, 2.05) is 0 Å². The molecule has 0 aromatic carbocycles. The Labute approximate surface area is 107 Å². The molecule has 19 heavy (non-hydrogen) atoms. The van der Waals surface area contributed by atoms with Crippen molar-refractivity contribution in [3.05, 3.63) is 20.2 Å². The molecule has 108 valence electrons. The summed E-state index contributed by atoms with van der Waals surface area (Å²) in [6, 6.07) is 0. The molecule has 0 amide bonds. The van der Waals surface area contributed by atoms with Crippen LogP contribution >= 0.6 is 0 Å². The lowest BCUT2D eigenvalue weighted by molar-refractivity contribution is -0.800. The number of carbonyl (C=O) groups is 2. The van der Waals surface area contributed by atoms with Gasteiger partial charge < -0.3 is 9.84 Å². The van der Waals surface area contributed by atoms with Crippen LogP contribution in [0.2, 0.25) is 0 Å². The van der Waals surface area contributed by atoms with Crippen molar-refractivity contribution < 1.29 is 29.3 Å². The largest absolute Gasteiger partial charge is 0.512 e. The second-order valence-electron chi connectivity index (χ2n) is 4.11. The van der Waals surface area contributed by atoms with Crippen molar-refractivity contribution in [1.29, 1.82) is 0 Å². The summed E-state index contributed by atoms with van der Waals surface area (Å²) in [5, 5.41) is 29.9. The molecule has 0 aromatic heterocycles. The molecule has 0 rings (SSSR count). The minimum Gasteiger partial charge on any atom is -0.449 e. The Balaban J connectivity index is 4.67. The predicted molar refractivity (Wildman–Crippen MR) is 59.2 cm³/mol. The molecule has 0 aliphatic rings. The fourth-order valence-electron chi connectivity index (χ4n) is 0.927. The zero-order valence-electron chi connectivity index (χ0n) is 10.4. The van der Waals surface area contributed by atoms with E-state index in [2.05, 4.69) is 4.74 Å². The molecule has 0 fully saturated rings. The van der Waals surface area contributed by atoms with Crippen LogP contribution in [0.3, 0.4) is 0 Å². The number of ether oxygens (including phenoxy) is 1. The number of carbonyl (C=O) groups excluding carboxylic acids is 2. The first-order valence-corrected chi connectivity index (χ1v) is 5.25. The van der Waals surface area contributed by atoms with Gasteiger partial charge in [0.25, 0.3) is 0 Å². The van der Waals surface area contributed by atoms with Crippen molar-refractivity contribution in [3.8, 4) is 0 Å². The summed E-state index contributed by atoms with van der Waals surface area (Å²) in [6.45, 7) is 0.412. The van der Waals surface area contributed by atoms with E-state index in [4.69, 9.17) is 5.11 Å². The van der Waals surface area contributed by atoms with Crippen molar-refractivity contribution >= 4 is 11.8 Å². The topological polar surface area (TPSA) is 150 Å². The summed E-state index contributed by atoms with van der Waals surface area (Å²) in [5.41, 5.74) is -3.00. The van der Waals surface area contributed by atoms with Crippen molar-refractivity contribution in [2.24, 2.45) is 5.92 Å². The zero-order valence-corrected chi connectivity index (χ0v) is 10.4. The van der Waals surface area contributed by atoms with Crippen LogP contribution in [-0.2, 0) is 14.3 Å². The van der Waals surface area contributed by atoms with E-state index in [-0.39, 0.29) is 0 Å².